The van der Waals surface area contributed by atoms with Gasteiger partial charge >= 0.3 is 0 Å². The topological polar surface area (TPSA) is 50.4 Å². The van der Waals surface area contributed by atoms with Crippen LogP contribution in [-0.2, 0) is 13.1 Å². The predicted molar refractivity (Wildman–Crippen MR) is 99.0 cm³/mol. The lowest BCUT2D eigenvalue weighted by molar-refractivity contribution is 0.102. The van der Waals surface area contributed by atoms with Gasteiger partial charge in [0.05, 0.1) is 6.61 Å². The second-order valence-corrected chi connectivity index (χ2v) is 6.27. The van der Waals surface area contributed by atoms with Gasteiger partial charge in [0.15, 0.2) is 0 Å². The maximum absolute atomic E-state index is 12.4. The van der Waals surface area contributed by atoms with Gasteiger partial charge in [0.1, 0.15) is 5.75 Å². The summed E-state index contributed by atoms with van der Waals surface area (Å²) in [5.74, 6) is 1.14. The van der Waals surface area contributed by atoms with Crippen molar-refractivity contribution in [3.05, 3.63) is 59.2 Å². The molecule has 0 saturated carbocycles. The highest BCUT2D eigenvalue weighted by atomic mass is 35.5. The van der Waals surface area contributed by atoms with E-state index in [0.29, 0.717) is 18.1 Å². The maximum Gasteiger partial charge on any atom is 0.255 e. The summed E-state index contributed by atoms with van der Waals surface area (Å²) in [7, 11) is 0. The minimum absolute atomic E-state index is 0. The van der Waals surface area contributed by atoms with Crippen LogP contribution in [-0.4, -0.2) is 12.5 Å². The van der Waals surface area contributed by atoms with Crippen molar-refractivity contribution in [1.82, 2.24) is 5.32 Å². The van der Waals surface area contributed by atoms with Gasteiger partial charge in [0.25, 0.3) is 5.91 Å². The number of nitrogens with one attached hydrogen (secondary N) is 2. The van der Waals surface area contributed by atoms with Gasteiger partial charge < -0.3 is 15.4 Å². The van der Waals surface area contributed by atoms with Gasteiger partial charge in [-0.15, -0.1) is 12.4 Å². The normalized spacial score (nSPS) is 12.5. The highest BCUT2D eigenvalue weighted by Crippen LogP contribution is 2.21. The van der Waals surface area contributed by atoms with Gasteiger partial charge in [-0.25, -0.2) is 0 Å². The van der Waals surface area contributed by atoms with Crippen LogP contribution < -0.4 is 15.4 Å². The van der Waals surface area contributed by atoms with E-state index in [9.17, 15) is 4.79 Å². The molecule has 1 heterocycles. The summed E-state index contributed by atoms with van der Waals surface area (Å²) in [6.07, 6.45) is 0. The van der Waals surface area contributed by atoms with Crippen molar-refractivity contribution in [3.63, 3.8) is 0 Å². The molecule has 5 heteroatoms. The number of hydrogen-bond donors (Lipinski definition) is 2. The molecule has 0 unspecified atom stereocenters. The van der Waals surface area contributed by atoms with Gasteiger partial charge in [-0.05, 0) is 41.3 Å². The Morgan fingerprint density at radius 2 is 1.96 bits per heavy atom. The fourth-order valence-electron chi connectivity index (χ4n) is 2.57. The van der Waals surface area contributed by atoms with Crippen molar-refractivity contribution in [2.75, 3.05) is 11.9 Å². The van der Waals surface area contributed by atoms with E-state index < -0.39 is 0 Å². The standard InChI is InChI=1S/C19H22N2O2.ClH/c1-13(2)12-23-18-5-3-4-17(9-18)21-19(22)14-6-7-15-10-20-11-16(15)8-14;/h3-9,13,20H,10-12H2,1-2H3,(H,21,22);1H. The number of carbonyl (C=O) groups is 1. The van der Waals surface area contributed by atoms with Crippen LogP contribution in [0.4, 0.5) is 5.69 Å². The Bertz CT molecular complexity index is 716. The lowest BCUT2D eigenvalue weighted by Crippen LogP contribution is -2.12. The van der Waals surface area contributed by atoms with Crippen LogP contribution in [0.1, 0.15) is 35.3 Å². The lowest BCUT2D eigenvalue weighted by Gasteiger charge is -2.11. The number of ether oxygens (including phenoxy) is 1. The van der Waals surface area contributed by atoms with Crippen molar-refractivity contribution >= 4 is 24.0 Å². The number of hydrogen-bond acceptors (Lipinski definition) is 3. The summed E-state index contributed by atoms with van der Waals surface area (Å²) in [5, 5.41) is 6.22. The average Bonchev–Trinajstić information content (AvgIpc) is 3.00. The Labute approximate surface area is 149 Å². The number of halogens is 1. The van der Waals surface area contributed by atoms with E-state index in [2.05, 4.69) is 24.5 Å². The van der Waals surface area contributed by atoms with E-state index in [1.54, 1.807) is 0 Å². The molecule has 0 aromatic heterocycles. The molecule has 3 rings (SSSR count). The molecule has 2 N–H and O–H groups in total. The van der Waals surface area contributed by atoms with Gasteiger partial charge in [0.2, 0.25) is 0 Å². The maximum atomic E-state index is 12.4. The molecule has 2 aromatic carbocycles. The summed E-state index contributed by atoms with van der Waals surface area (Å²) < 4.78 is 5.70. The van der Waals surface area contributed by atoms with Gasteiger partial charge in [0, 0.05) is 30.4 Å². The quantitative estimate of drug-likeness (QED) is 0.860. The minimum Gasteiger partial charge on any atom is -0.493 e. The van der Waals surface area contributed by atoms with E-state index in [1.165, 1.54) is 11.1 Å². The number of fused-ring (bicyclic) bond motifs is 1. The fourth-order valence-corrected chi connectivity index (χ4v) is 2.57. The van der Waals surface area contributed by atoms with Gasteiger partial charge in [-0.2, -0.15) is 0 Å². The Morgan fingerprint density at radius 3 is 2.75 bits per heavy atom. The third kappa shape index (κ3) is 4.49. The molecule has 0 saturated heterocycles. The molecule has 0 radical (unpaired) electrons. The van der Waals surface area contributed by atoms with E-state index in [-0.39, 0.29) is 18.3 Å². The fraction of sp³-hybridized carbons (Fsp3) is 0.316. The zero-order chi connectivity index (χ0) is 16.2. The molecule has 0 spiro atoms. The van der Waals surface area contributed by atoms with E-state index in [1.807, 2.05) is 42.5 Å². The van der Waals surface area contributed by atoms with Crippen LogP contribution in [0.3, 0.4) is 0 Å². The Kier molecular flexibility index (Phi) is 6.23. The molecule has 0 atom stereocenters. The second-order valence-electron chi connectivity index (χ2n) is 6.27. The van der Waals surface area contributed by atoms with Crippen molar-refractivity contribution < 1.29 is 9.53 Å². The monoisotopic (exact) mass is 346 g/mol. The summed E-state index contributed by atoms with van der Waals surface area (Å²) >= 11 is 0. The lowest BCUT2D eigenvalue weighted by atomic mass is 10.1. The van der Waals surface area contributed by atoms with Crippen molar-refractivity contribution in [2.45, 2.75) is 26.9 Å². The molecule has 1 aliphatic heterocycles. The van der Waals surface area contributed by atoms with Gasteiger partial charge in [-0.1, -0.05) is 26.0 Å². The number of carbonyl (C=O) groups excluding carboxylic acids is 1. The first kappa shape index (κ1) is 18.3. The zero-order valence-electron chi connectivity index (χ0n) is 14.0. The largest absolute Gasteiger partial charge is 0.493 e. The zero-order valence-corrected chi connectivity index (χ0v) is 14.8. The van der Waals surface area contributed by atoms with E-state index in [4.69, 9.17) is 4.74 Å². The molecule has 0 aliphatic carbocycles. The number of amides is 1. The molecule has 128 valence electrons. The number of benzene rings is 2. The van der Waals surface area contributed by atoms with Crippen LogP contribution in [0.15, 0.2) is 42.5 Å². The first-order valence-corrected chi connectivity index (χ1v) is 7.98. The third-order valence-corrected chi connectivity index (χ3v) is 3.77. The van der Waals surface area contributed by atoms with Crippen LogP contribution in [0, 0.1) is 5.92 Å². The minimum atomic E-state index is -0.0966. The molecular weight excluding hydrogens is 324 g/mol. The number of rotatable bonds is 5. The number of anilines is 1. The van der Waals surface area contributed by atoms with E-state index in [0.717, 1.165) is 24.5 Å². The Hall–Kier alpha value is -2.04. The van der Waals surface area contributed by atoms with E-state index >= 15 is 0 Å². The van der Waals surface area contributed by atoms with Crippen molar-refractivity contribution in [3.8, 4) is 5.75 Å². The smallest absolute Gasteiger partial charge is 0.255 e. The Balaban J connectivity index is 0.00000208. The summed E-state index contributed by atoms with van der Waals surface area (Å²) in [4.78, 5) is 12.4. The molecule has 4 nitrogen and oxygen atoms in total. The van der Waals surface area contributed by atoms with Crippen LogP contribution >= 0.6 is 12.4 Å². The molecule has 0 bridgehead atoms. The average molecular weight is 347 g/mol. The molecule has 2 aromatic rings. The van der Waals surface area contributed by atoms with Crippen LogP contribution in [0.25, 0.3) is 0 Å². The summed E-state index contributed by atoms with van der Waals surface area (Å²) in [5.41, 5.74) is 3.90. The molecule has 1 aliphatic rings. The summed E-state index contributed by atoms with van der Waals surface area (Å²) in [6, 6.07) is 13.4. The first-order chi connectivity index (χ1) is 11.1. The Morgan fingerprint density at radius 1 is 1.17 bits per heavy atom. The summed E-state index contributed by atoms with van der Waals surface area (Å²) in [6.45, 7) is 6.58. The van der Waals surface area contributed by atoms with Crippen LogP contribution in [0.2, 0.25) is 0 Å². The van der Waals surface area contributed by atoms with Crippen LogP contribution in [0.5, 0.6) is 5.75 Å². The molecule has 0 fully saturated rings. The SMILES string of the molecule is CC(C)COc1cccc(NC(=O)c2ccc3c(c2)CNC3)c1.Cl. The van der Waals surface area contributed by atoms with Gasteiger partial charge in [-0.3, -0.25) is 4.79 Å². The second kappa shape index (κ2) is 8.18. The third-order valence-electron chi connectivity index (χ3n) is 3.77. The molecule has 24 heavy (non-hydrogen) atoms. The highest BCUT2D eigenvalue weighted by Gasteiger charge is 2.13. The van der Waals surface area contributed by atoms with Crippen molar-refractivity contribution in [2.24, 2.45) is 5.92 Å². The predicted octanol–water partition coefficient (Wildman–Crippen LogP) is 4.00. The molecular formula is C19H23ClN2O2. The molecule has 1 amide bonds. The first-order valence-electron chi connectivity index (χ1n) is 7.98. The van der Waals surface area contributed by atoms with Crippen molar-refractivity contribution in [1.29, 1.82) is 0 Å². The highest BCUT2D eigenvalue weighted by molar-refractivity contribution is 6.04.